The SMILES string of the molecule is Cc1ccc(C2(CNC(=O)c3sc(-c4cccnc4)nc3C)CCCCC2)cn1. The maximum Gasteiger partial charge on any atom is 0.263 e. The zero-order valence-electron chi connectivity index (χ0n) is 16.9. The van der Waals surface area contributed by atoms with E-state index in [1.54, 1.807) is 12.4 Å². The van der Waals surface area contributed by atoms with Gasteiger partial charge < -0.3 is 5.32 Å². The molecule has 1 aliphatic rings. The number of amides is 1. The molecule has 4 rings (SSSR count). The molecule has 3 heterocycles. The van der Waals surface area contributed by atoms with Crippen molar-refractivity contribution in [2.24, 2.45) is 0 Å². The highest BCUT2D eigenvalue weighted by Gasteiger charge is 2.35. The van der Waals surface area contributed by atoms with E-state index in [0.29, 0.717) is 11.4 Å². The Kier molecular flexibility index (Phi) is 5.72. The van der Waals surface area contributed by atoms with Gasteiger partial charge in [-0.2, -0.15) is 0 Å². The Morgan fingerprint density at radius 1 is 1.14 bits per heavy atom. The summed E-state index contributed by atoms with van der Waals surface area (Å²) in [5, 5.41) is 4.05. The number of carbonyl (C=O) groups excluding carboxylic acids is 1. The van der Waals surface area contributed by atoms with Crippen molar-refractivity contribution >= 4 is 17.2 Å². The molecule has 1 saturated carbocycles. The van der Waals surface area contributed by atoms with E-state index < -0.39 is 0 Å². The Bertz CT molecular complexity index is 976. The third-order valence-corrected chi connectivity index (χ3v) is 7.04. The van der Waals surface area contributed by atoms with Gasteiger partial charge in [-0.3, -0.25) is 14.8 Å². The largest absolute Gasteiger partial charge is 0.350 e. The van der Waals surface area contributed by atoms with Crippen molar-refractivity contribution in [3.63, 3.8) is 0 Å². The molecule has 1 N–H and O–H groups in total. The number of thiazole rings is 1. The van der Waals surface area contributed by atoms with Crippen LogP contribution in [0.1, 0.15) is 58.7 Å². The van der Waals surface area contributed by atoms with Crippen LogP contribution < -0.4 is 5.32 Å². The highest BCUT2D eigenvalue weighted by Crippen LogP contribution is 2.39. The summed E-state index contributed by atoms with van der Waals surface area (Å²) in [5.74, 6) is -0.0415. The van der Waals surface area contributed by atoms with E-state index in [-0.39, 0.29) is 11.3 Å². The highest BCUT2D eigenvalue weighted by molar-refractivity contribution is 7.17. The monoisotopic (exact) mass is 406 g/mol. The lowest BCUT2D eigenvalue weighted by molar-refractivity contribution is 0.0940. The number of rotatable bonds is 5. The van der Waals surface area contributed by atoms with Gasteiger partial charge in [0.15, 0.2) is 0 Å². The number of aryl methyl sites for hydroxylation is 2. The maximum absolute atomic E-state index is 13.0. The molecule has 150 valence electrons. The quantitative estimate of drug-likeness (QED) is 0.658. The molecule has 29 heavy (non-hydrogen) atoms. The van der Waals surface area contributed by atoms with Crippen LogP contribution in [0.15, 0.2) is 42.9 Å². The second-order valence-electron chi connectivity index (χ2n) is 7.89. The first-order valence-corrected chi connectivity index (χ1v) is 11.0. The molecular weight excluding hydrogens is 380 g/mol. The summed E-state index contributed by atoms with van der Waals surface area (Å²) in [6.07, 6.45) is 11.3. The minimum Gasteiger partial charge on any atom is -0.350 e. The van der Waals surface area contributed by atoms with Crippen molar-refractivity contribution in [1.82, 2.24) is 20.3 Å². The van der Waals surface area contributed by atoms with E-state index in [1.807, 2.05) is 32.2 Å². The first-order chi connectivity index (χ1) is 14.1. The van der Waals surface area contributed by atoms with Crippen molar-refractivity contribution in [3.8, 4) is 10.6 Å². The summed E-state index contributed by atoms with van der Waals surface area (Å²) in [7, 11) is 0. The summed E-state index contributed by atoms with van der Waals surface area (Å²) >= 11 is 1.43. The van der Waals surface area contributed by atoms with Crippen LogP contribution in [0.4, 0.5) is 0 Å². The fourth-order valence-corrected chi connectivity index (χ4v) is 5.10. The summed E-state index contributed by atoms with van der Waals surface area (Å²) in [6, 6.07) is 8.10. The molecule has 0 unspecified atom stereocenters. The Morgan fingerprint density at radius 3 is 2.66 bits per heavy atom. The number of pyridine rings is 2. The van der Waals surface area contributed by atoms with Crippen molar-refractivity contribution in [2.45, 2.75) is 51.4 Å². The Morgan fingerprint density at radius 2 is 1.97 bits per heavy atom. The number of carbonyl (C=O) groups is 1. The first kappa shape index (κ1) is 19.7. The lowest BCUT2D eigenvalue weighted by Gasteiger charge is -2.37. The fraction of sp³-hybridized carbons (Fsp3) is 0.391. The molecule has 1 amide bonds. The van der Waals surface area contributed by atoms with Crippen LogP contribution >= 0.6 is 11.3 Å². The van der Waals surface area contributed by atoms with Gasteiger partial charge in [0.1, 0.15) is 9.88 Å². The van der Waals surface area contributed by atoms with Gasteiger partial charge in [0.2, 0.25) is 0 Å². The van der Waals surface area contributed by atoms with Gasteiger partial charge in [-0.15, -0.1) is 11.3 Å². The van der Waals surface area contributed by atoms with Crippen molar-refractivity contribution in [3.05, 3.63) is 64.7 Å². The molecule has 6 heteroatoms. The van der Waals surface area contributed by atoms with Crippen molar-refractivity contribution in [2.75, 3.05) is 6.54 Å². The third kappa shape index (κ3) is 4.22. The summed E-state index contributed by atoms with van der Waals surface area (Å²) in [4.78, 5) is 26.9. The first-order valence-electron chi connectivity index (χ1n) is 10.2. The lowest BCUT2D eigenvalue weighted by atomic mass is 9.69. The molecule has 3 aromatic rings. The minimum absolute atomic E-state index is 0.0284. The van der Waals surface area contributed by atoms with Gasteiger partial charge in [-0.05, 0) is 50.5 Å². The summed E-state index contributed by atoms with van der Waals surface area (Å²) in [5.41, 5.74) is 3.93. The fourth-order valence-electron chi connectivity index (χ4n) is 4.13. The molecule has 0 saturated heterocycles. The molecule has 0 radical (unpaired) electrons. The van der Waals surface area contributed by atoms with E-state index in [0.717, 1.165) is 34.8 Å². The smallest absolute Gasteiger partial charge is 0.263 e. The van der Waals surface area contributed by atoms with Gasteiger partial charge in [0.05, 0.1) is 5.69 Å². The van der Waals surface area contributed by atoms with Crippen LogP contribution in [0.25, 0.3) is 10.6 Å². The Balaban J connectivity index is 1.53. The molecule has 0 bridgehead atoms. The number of aromatic nitrogens is 3. The van der Waals surface area contributed by atoms with Crippen LogP contribution in [0.2, 0.25) is 0 Å². The van der Waals surface area contributed by atoms with Gasteiger partial charge in [0.25, 0.3) is 5.91 Å². The Labute approximate surface area is 175 Å². The number of hydrogen-bond acceptors (Lipinski definition) is 5. The molecule has 0 atom stereocenters. The number of hydrogen-bond donors (Lipinski definition) is 1. The molecule has 0 aliphatic heterocycles. The molecular formula is C23H26N4OS. The van der Waals surface area contributed by atoms with Crippen molar-refractivity contribution in [1.29, 1.82) is 0 Å². The zero-order valence-corrected chi connectivity index (χ0v) is 17.8. The van der Waals surface area contributed by atoms with Crippen LogP contribution in [-0.2, 0) is 5.41 Å². The van der Waals surface area contributed by atoms with Gasteiger partial charge >= 0.3 is 0 Å². The Hall–Kier alpha value is -2.60. The van der Waals surface area contributed by atoms with Gasteiger partial charge in [-0.1, -0.05) is 25.3 Å². The van der Waals surface area contributed by atoms with Crippen LogP contribution in [0.5, 0.6) is 0 Å². The molecule has 3 aromatic heterocycles. The van der Waals surface area contributed by atoms with Crippen molar-refractivity contribution < 1.29 is 4.79 Å². The van der Waals surface area contributed by atoms with Crippen LogP contribution in [0, 0.1) is 13.8 Å². The summed E-state index contributed by atoms with van der Waals surface area (Å²) in [6.45, 7) is 4.53. The lowest BCUT2D eigenvalue weighted by Crippen LogP contribution is -2.42. The van der Waals surface area contributed by atoms with E-state index in [4.69, 9.17) is 0 Å². The van der Waals surface area contributed by atoms with Crippen LogP contribution in [0.3, 0.4) is 0 Å². The zero-order chi connectivity index (χ0) is 20.3. The molecule has 0 aromatic carbocycles. The second-order valence-corrected chi connectivity index (χ2v) is 8.89. The molecule has 5 nitrogen and oxygen atoms in total. The molecule has 0 spiro atoms. The van der Waals surface area contributed by atoms with Crippen LogP contribution in [-0.4, -0.2) is 27.4 Å². The van der Waals surface area contributed by atoms with E-state index in [1.165, 1.54) is 36.2 Å². The second kappa shape index (κ2) is 8.41. The van der Waals surface area contributed by atoms with E-state index in [2.05, 4.69) is 32.4 Å². The maximum atomic E-state index is 13.0. The van der Waals surface area contributed by atoms with Gasteiger partial charge in [0, 0.05) is 41.8 Å². The molecule has 1 fully saturated rings. The highest BCUT2D eigenvalue weighted by atomic mass is 32.1. The predicted octanol–water partition coefficient (Wildman–Crippen LogP) is 4.85. The molecule has 1 aliphatic carbocycles. The number of nitrogens with zero attached hydrogens (tertiary/aromatic N) is 3. The number of nitrogens with one attached hydrogen (secondary N) is 1. The minimum atomic E-state index is -0.0415. The van der Waals surface area contributed by atoms with E-state index >= 15 is 0 Å². The van der Waals surface area contributed by atoms with E-state index in [9.17, 15) is 4.79 Å². The third-order valence-electron chi connectivity index (χ3n) is 5.83. The normalized spacial score (nSPS) is 15.8. The average molecular weight is 407 g/mol. The standard InChI is InChI=1S/C23H26N4OS/c1-16-8-9-19(14-25-16)23(10-4-3-5-11-23)15-26-21(28)20-17(2)27-22(29-20)18-7-6-12-24-13-18/h6-9,12-14H,3-5,10-11,15H2,1-2H3,(H,26,28). The average Bonchev–Trinajstić information content (AvgIpc) is 3.15. The topological polar surface area (TPSA) is 67.8 Å². The van der Waals surface area contributed by atoms with Gasteiger partial charge in [-0.25, -0.2) is 4.98 Å². The predicted molar refractivity (Wildman–Crippen MR) is 116 cm³/mol. The summed E-state index contributed by atoms with van der Waals surface area (Å²) < 4.78 is 0.